The Hall–Kier alpha value is -2.96. The molecule has 0 fully saturated rings. The molecule has 7 heteroatoms. The van der Waals surface area contributed by atoms with E-state index >= 15 is 0 Å². The number of amides is 1. The summed E-state index contributed by atoms with van der Waals surface area (Å²) in [5, 5.41) is 20.3. The Balaban J connectivity index is 2.39. The van der Waals surface area contributed by atoms with E-state index in [1.54, 1.807) is 0 Å². The fourth-order valence-electron chi connectivity index (χ4n) is 1.72. The first kappa shape index (κ1) is 14.4. The first-order chi connectivity index (χ1) is 9.90. The predicted molar refractivity (Wildman–Crippen MR) is 69.4 cm³/mol. The first-order valence-corrected chi connectivity index (χ1v) is 5.72. The number of hydrogen-bond acceptors (Lipinski definition) is 3. The van der Waals surface area contributed by atoms with Gasteiger partial charge in [-0.15, -0.1) is 0 Å². The van der Waals surface area contributed by atoms with Gasteiger partial charge in [0.25, 0.3) is 5.91 Å². The van der Waals surface area contributed by atoms with Crippen molar-refractivity contribution >= 4 is 17.6 Å². The van der Waals surface area contributed by atoms with E-state index < -0.39 is 34.6 Å². The van der Waals surface area contributed by atoms with Crippen molar-refractivity contribution in [3.05, 3.63) is 59.2 Å². The molecule has 0 unspecified atom stereocenters. The van der Waals surface area contributed by atoms with Crippen LogP contribution in [-0.2, 0) is 0 Å². The Morgan fingerprint density at radius 1 is 1.05 bits per heavy atom. The number of phenolic OH excluding ortho intramolecular Hbond substituents is 1. The summed E-state index contributed by atoms with van der Waals surface area (Å²) in [6.07, 6.45) is 0. The molecular weight excluding hydrogens is 284 g/mol. The highest BCUT2D eigenvalue weighted by Crippen LogP contribution is 2.23. The molecule has 0 aliphatic carbocycles. The van der Waals surface area contributed by atoms with Crippen LogP contribution in [0.2, 0.25) is 0 Å². The minimum atomic E-state index is -1.41. The van der Waals surface area contributed by atoms with Crippen LogP contribution in [-0.4, -0.2) is 22.1 Å². The van der Waals surface area contributed by atoms with E-state index in [9.17, 15) is 23.5 Å². The fraction of sp³-hybridized carbons (Fsp3) is 0. The van der Waals surface area contributed by atoms with Crippen molar-refractivity contribution < 1.29 is 28.6 Å². The van der Waals surface area contributed by atoms with E-state index in [1.165, 1.54) is 0 Å². The molecule has 0 heterocycles. The van der Waals surface area contributed by atoms with Crippen molar-refractivity contribution in [2.45, 2.75) is 0 Å². The SMILES string of the molecule is O=C(O)c1cc(O)ccc1NC(=O)c1c(F)cccc1F. The molecule has 0 saturated carbocycles. The number of benzene rings is 2. The molecule has 0 radical (unpaired) electrons. The van der Waals surface area contributed by atoms with Crippen molar-refractivity contribution in [1.82, 2.24) is 0 Å². The number of halogens is 2. The third-order valence-corrected chi connectivity index (χ3v) is 2.67. The molecule has 0 atom stereocenters. The molecule has 0 aliphatic rings. The highest BCUT2D eigenvalue weighted by Gasteiger charge is 2.19. The highest BCUT2D eigenvalue weighted by molar-refractivity contribution is 6.08. The van der Waals surface area contributed by atoms with Crippen molar-refractivity contribution in [2.24, 2.45) is 0 Å². The second-order valence-corrected chi connectivity index (χ2v) is 4.09. The summed E-state index contributed by atoms with van der Waals surface area (Å²) >= 11 is 0. The molecule has 2 rings (SSSR count). The molecular formula is C14H9F2NO4. The molecule has 108 valence electrons. The van der Waals surface area contributed by atoms with Crippen LogP contribution in [0.3, 0.4) is 0 Å². The lowest BCUT2D eigenvalue weighted by atomic mass is 10.1. The topological polar surface area (TPSA) is 86.6 Å². The lowest BCUT2D eigenvalue weighted by Gasteiger charge is -2.10. The molecule has 3 N–H and O–H groups in total. The van der Waals surface area contributed by atoms with Gasteiger partial charge in [0.05, 0.1) is 11.3 Å². The number of aromatic hydroxyl groups is 1. The Morgan fingerprint density at radius 2 is 1.67 bits per heavy atom. The maximum Gasteiger partial charge on any atom is 0.337 e. The summed E-state index contributed by atoms with van der Waals surface area (Å²) in [4.78, 5) is 22.9. The summed E-state index contributed by atoms with van der Waals surface area (Å²) < 4.78 is 26.9. The van der Waals surface area contributed by atoms with Crippen LogP contribution >= 0.6 is 0 Å². The molecule has 0 saturated heterocycles. The van der Waals surface area contributed by atoms with Crippen molar-refractivity contribution in [1.29, 1.82) is 0 Å². The number of aromatic carboxylic acids is 1. The smallest absolute Gasteiger partial charge is 0.337 e. The van der Waals surface area contributed by atoms with Crippen LogP contribution in [0.15, 0.2) is 36.4 Å². The molecule has 2 aromatic carbocycles. The standard InChI is InChI=1S/C14H9F2NO4/c15-9-2-1-3-10(16)12(9)13(19)17-11-5-4-7(18)6-8(11)14(20)21/h1-6,18H,(H,17,19)(H,20,21). The molecule has 2 aromatic rings. The van der Waals surface area contributed by atoms with Gasteiger partial charge in [0, 0.05) is 0 Å². The van der Waals surface area contributed by atoms with Crippen molar-refractivity contribution in [2.75, 3.05) is 5.32 Å². The summed E-state index contributed by atoms with van der Waals surface area (Å²) in [6, 6.07) is 6.09. The van der Waals surface area contributed by atoms with Gasteiger partial charge in [-0.3, -0.25) is 4.79 Å². The van der Waals surface area contributed by atoms with Gasteiger partial charge in [0.1, 0.15) is 22.9 Å². The first-order valence-electron chi connectivity index (χ1n) is 5.72. The number of carbonyl (C=O) groups excluding carboxylic acids is 1. The van der Waals surface area contributed by atoms with Crippen LogP contribution in [0.5, 0.6) is 5.75 Å². The zero-order chi connectivity index (χ0) is 15.6. The number of anilines is 1. The Bertz CT molecular complexity index is 711. The molecule has 0 spiro atoms. The molecule has 0 aliphatic heterocycles. The summed E-state index contributed by atoms with van der Waals surface area (Å²) in [5.74, 6) is -4.98. The largest absolute Gasteiger partial charge is 0.508 e. The molecule has 5 nitrogen and oxygen atoms in total. The van der Waals surface area contributed by atoms with Gasteiger partial charge >= 0.3 is 5.97 Å². The zero-order valence-electron chi connectivity index (χ0n) is 10.4. The number of nitrogens with one attached hydrogen (secondary N) is 1. The van der Waals surface area contributed by atoms with Gasteiger partial charge in [-0.25, -0.2) is 13.6 Å². The number of carboxylic acids is 1. The molecule has 0 aromatic heterocycles. The predicted octanol–water partition coefficient (Wildman–Crippen LogP) is 2.62. The van der Waals surface area contributed by atoms with Gasteiger partial charge in [0.15, 0.2) is 0 Å². The quantitative estimate of drug-likeness (QED) is 0.759. The number of phenols is 1. The van der Waals surface area contributed by atoms with E-state index in [0.717, 1.165) is 36.4 Å². The number of rotatable bonds is 3. The fourth-order valence-corrected chi connectivity index (χ4v) is 1.72. The normalized spacial score (nSPS) is 10.2. The zero-order valence-corrected chi connectivity index (χ0v) is 10.4. The second-order valence-electron chi connectivity index (χ2n) is 4.09. The summed E-state index contributed by atoms with van der Waals surface area (Å²) in [7, 11) is 0. The second kappa shape index (κ2) is 5.58. The summed E-state index contributed by atoms with van der Waals surface area (Å²) in [6.45, 7) is 0. The van der Waals surface area contributed by atoms with Gasteiger partial charge in [-0.05, 0) is 30.3 Å². The van der Waals surface area contributed by atoms with Gasteiger partial charge in [-0.2, -0.15) is 0 Å². The lowest BCUT2D eigenvalue weighted by Crippen LogP contribution is -2.17. The van der Waals surface area contributed by atoms with E-state index in [2.05, 4.69) is 5.32 Å². The Labute approximate surface area is 117 Å². The molecule has 1 amide bonds. The maximum atomic E-state index is 13.5. The van der Waals surface area contributed by atoms with E-state index in [-0.39, 0.29) is 11.4 Å². The van der Waals surface area contributed by atoms with Crippen LogP contribution < -0.4 is 5.32 Å². The van der Waals surface area contributed by atoms with Crippen molar-refractivity contribution in [3.8, 4) is 5.75 Å². The summed E-state index contributed by atoms with van der Waals surface area (Å²) in [5.41, 5.74) is -1.41. The number of carboxylic acid groups (broad SMARTS) is 1. The van der Waals surface area contributed by atoms with E-state index in [1.807, 2.05) is 0 Å². The average Bonchev–Trinajstić information content (AvgIpc) is 2.40. The third kappa shape index (κ3) is 2.97. The van der Waals surface area contributed by atoms with Crippen LogP contribution in [0.25, 0.3) is 0 Å². The molecule has 0 bridgehead atoms. The van der Waals surface area contributed by atoms with Crippen LogP contribution in [0, 0.1) is 11.6 Å². The van der Waals surface area contributed by atoms with Crippen molar-refractivity contribution in [3.63, 3.8) is 0 Å². The van der Waals surface area contributed by atoms with E-state index in [0.29, 0.717) is 0 Å². The Morgan fingerprint density at radius 3 is 2.24 bits per heavy atom. The van der Waals surface area contributed by atoms with Gasteiger partial charge in [-0.1, -0.05) is 6.07 Å². The van der Waals surface area contributed by atoms with Gasteiger partial charge < -0.3 is 15.5 Å². The monoisotopic (exact) mass is 293 g/mol. The Kier molecular flexibility index (Phi) is 3.84. The van der Waals surface area contributed by atoms with Crippen LogP contribution in [0.4, 0.5) is 14.5 Å². The lowest BCUT2D eigenvalue weighted by molar-refractivity contribution is 0.0697. The minimum Gasteiger partial charge on any atom is -0.508 e. The van der Waals surface area contributed by atoms with Gasteiger partial charge in [0.2, 0.25) is 0 Å². The third-order valence-electron chi connectivity index (χ3n) is 2.67. The number of hydrogen-bond donors (Lipinski definition) is 3. The number of carbonyl (C=O) groups is 2. The highest BCUT2D eigenvalue weighted by atomic mass is 19.1. The van der Waals surface area contributed by atoms with E-state index in [4.69, 9.17) is 5.11 Å². The average molecular weight is 293 g/mol. The maximum absolute atomic E-state index is 13.5. The van der Waals surface area contributed by atoms with Crippen LogP contribution in [0.1, 0.15) is 20.7 Å². The minimum absolute atomic E-state index is 0.187. The molecule has 21 heavy (non-hydrogen) atoms.